The van der Waals surface area contributed by atoms with Gasteiger partial charge in [-0.3, -0.25) is 0 Å². The predicted octanol–water partition coefficient (Wildman–Crippen LogP) is 9.61. The Morgan fingerprint density at radius 2 is 1.66 bits per heavy atom. The third-order valence-electron chi connectivity index (χ3n) is 12.2. The first-order chi connectivity index (χ1) is 18.0. The number of esters is 1. The lowest BCUT2D eigenvalue weighted by Crippen LogP contribution is -2.54. The van der Waals surface area contributed by atoms with E-state index in [1.165, 1.54) is 63.9 Å². The minimum atomic E-state index is -1.00. The first kappa shape index (κ1) is 28.1. The van der Waals surface area contributed by atoms with E-state index in [1.807, 2.05) is 0 Å². The number of carbonyl (C=O) groups is 1. The van der Waals surface area contributed by atoms with Crippen molar-refractivity contribution in [1.29, 1.82) is 0 Å². The van der Waals surface area contributed by atoms with Gasteiger partial charge in [0.05, 0.1) is 5.56 Å². The predicted molar refractivity (Wildman–Crippen MR) is 149 cm³/mol. The van der Waals surface area contributed by atoms with Crippen molar-refractivity contribution in [2.45, 2.75) is 118 Å². The maximum Gasteiger partial charge on any atom is 0.338 e. The lowest BCUT2D eigenvalue weighted by atomic mass is 9.44. The molecule has 0 N–H and O–H groups in total. The highest BCUT2D eigenvalue weighted by molar-refractivity contribution is 5.89. The summed E-state index contributed by atoms with van der Waals surface area (Å²) < 4.78 is 32.8. The molecule has 2 nitrogen and oxygen atoms in total. The summed E-state index contributed by atoms with van der Waals surface area (Å²) in [5.41, 5.74) is 0.941. The largest absolute Gasteiger partial charge is 0.459 e. The first-order valence-electron chi connectivity index (χ1n) is 15.7. The molecule has 38 heavy (non-hydrogen) atoms. The molecule has 0 heterocycles. The molecule has 5 rings (SSSR count). The zero-order valence-electron chi connectivity index (χ0n) is 24.4. The highest BCUT2D eigenvalue weighted by Crippen LogP contribution is 2.68. The number of benzene rings is 1. The number of ether oxygens (including phenoxy) is 1. The van der Waals surface area contributed by atoms with Gasteiger partial charge in [0.2, 0.25) is 0 Å². The van der Waals surface area contributed by atoms with E-state index in [4.69, 9.17) is 4.74 Å². The van der Waals surface area contributed by atoms with E-state index in [-0.39, 0.29) is 11.7 Å². The second kappa shape index (κ2) is 10.8. The van der Waals surface area contributed by atoms with Gasteiger partial charge in [0.15, 0.2) is 11.6 Å². The van der Waals surface area contributed by atoms with E-state index < -0.39 is 17.6 Å². The van der Waals surface area contributed by atoms with Gasteiger partial charge < -0.3 is 4.74 Å². The SMILES string of the molecule is CC(C)CCC[C@@H](C)[C@H]1CC[C@H]2[C@@H]3CCC4C[C@@H](OC(=O)c5ccc(F)c(F)c5)CC[C@]4(C)[C@H]3CC[C@]12C. The molecule has 4 heteroatoms. The van der Waals surface area contributed by atoms with Gasteiger partial charge in [-0.25, -0.2) is 13.6 Å². The topological polar surface area (TPSA) is 26.3 Å². The molecule has 1 unspecified atom stereocenters. The fraction of sp³-hybridized carbons (Fsp3) is 0.794. The van der Waals surface area contributed by atoms with Crippen LogP contribution in [-0.4, -0.2) is 12.1 Å². The van der Waals surface area contributed by atoms with E-state index >= 15 is 0 Å². The summed E-state index contributed by atoms with van der Waals surface area (Å²) in [7, 11) is 0. The Morgan fingerprint density at radius 3 is 2.39 bits per heavy atom. The molecule has 1 aromatic rings. The number of hydrogen-bond donors (Lipinski definition) is 0. The van der Waals surface area contributed by atoms with Crippen LogP contribution in [0.1, 0.15) is 122 Å². The summed E-state index contributed by atoms with van der Waals surface area (Å²) in [5.74, 6) is 3.16. The molecule has 0 aliphatic heterocycles. The fourth-order valence-corrected chi connectivity index (χ4v) is 10.2. The summed E-state index contributed by atoms with van der Waals surface area (Å²) in [4.78, 5) is 12.7. The molecule has 4 fully saturated rings. The van der Waals surface area contributed by atoms with E-state index in [0.717, 1.165) is 66.9 Å². The van der Waals surface area contributed by atoms with Gasteiger partial charge in [0, 0.05) is 0 Å². The van der Waals surface area contributed by atoms with Crippen molar-refractivity contribution in [2.24, 2.45) is 52.3 Å². The van der Waals surface area contributed by atoms with Crippen LogP contribution < -0.4 is 0 Å². The highest BCUT2D eigenvalue weighted by atomic mass is 19.2. The summed E-state index contributed by atoms with van der Waals surface area (Å²) >= 11 is 0. The number of carbonyl (C=O) groups excluding carboxylic acids is 1. The smallest absolute Gasteiger partial charge is 0.338 e. The van der Waals surface area contributed by atoms with Gasteiger partial charge in [-0.15, -0.1) is 0 Å². The average molecular weight is 529 g/mol. The molecule has 4 saturated carbocycles. The minimum absolute atomic E-state index is 0.0988. The van der Waals surface area contributed by atoms with Crippen LogP contribution in [0.5, 0.6) is 0 Å². The Labute approximate surface area is 229 Å². The first-order valence-corrected chi connectivity index (χ1v) is 15.7. The summed E-state index contributed by atoms with van der Waals surface area (Å²) in [6.07, 6.45) is 15.0. The van der Waals surface area contributed by atoms with Crippen LogP contribution in [0, 0.1) is 63.9 Å². The lowest BCUT2D eigenvalue weighted by Gasteiger charge is -2.61. The summed E-state index contributed by atoms with van der Waals surface area (Å²) in [6, 6.07) is 3.27. The van der Waals surface area contributed by atoms with Gasteiger partial charge >= 0.3 is 5.97 Å². The van der Waals surface area contributed by atoms with Crippen molar-refractivity contribution < 1.29 is 18.3 Å². The molecule has 0 bridgehead atoms. The molecule has 4 aliphatic rings. The van der Waals surface area contributed by atoms with Gasteiger partial charge in [-0.05, 0) is 128 Å². The Morgan fingerprint density at radius 1 is 0.921 bits per heavy atom. The molecule has 0 radical (unpaired) electrons. The normalized spacial score (nSPS) is 39.3. The number of halogens is 2. The molecule has 0 spiro atoms. The molecule has 9 atom stereocenters. The van der Waals surface area contributed by atoms with Gasteiger partial charge in [-0.2, -0.15) is 0 Å². The van der Waals surface area contributed by atoms with E-state index in [9.17, 15) is 13.6 Å². The maximum atomic E-state index is 13.6. The quantitative estimate of drug-likeness (QED) is 0.329. The second-order valence-corrected chi connectivity index (χ2v) is 14.6. The van der Waals surface area contributed by atoms with Gasteiger partial charge in [0.1, 0.15) is 6.10 Å². The Balaban J connectivity index is 1.22. The van der Waals surface area contributed by atoms with E-state index in [0.29, 0.717) is 16.7 Å². The minimum Gasteiger partial charge on any atom is -0.459 e. The standard InChI is InChI=1S/C34H50F2O2/c1-21(2)7-6-8-22(3)27-12-13-28-26-11-10-24-20-25(38-32(37)23-9-14-30(35)31(36)19-23)15-17-33(24,4)29(26)16-18-34(27,28)5/h9,14,19,21-22,24-29H,6-8,10-13,15-18,20H2,1-5H3/t22-,24?,25+,26+,27-,28+,29+,33+,34-/m1/s1. The van der Waals surface area contributed by atoms with Crippen LogP contribution in [0.3, 0.4) is 0 Å². The number of rotatable bonds is 7. The Bertz CT molecular complexity index is 1010. The van der Waals surface area contributed by atoms with E-state index in [2.05, 4.69) is 34.6 Å². The number of fused-ring (bicyclic) bond motifs is 5. The van der Waals surface area contributed by atoms with Gasteiger partial charge in [-0.1, -0.05) is 53.9 Å². The lowest BCUT2D eigenvalue weighted by molar-refractivity contribution is -0.130. The van der Waals surface area contributed by atoms with Crippen LogP contribution in [-0.2, 0) is 4.74 Å². The zero-order chi connectivity index (χ0) is 27.2. The molecule has 1 aromatic carbocycles. The second-order valence-electron chi connectivity index (χ2n) is 14.6. The molecular formula is C34H50F2O2. The number of hydrogen-bond acceptors (Lipinski definition) is 2. The monoisotopic (exact) mass is 528 g/mol. The highest BCUT2D eigenvalue weighted by Gasteiger charge is 2.60. The van der Waals surface area contributed by atoms with Crippen molar-refractivity contribution in [1.82, 2.24) is 0 Å². The van der Waals surface area contributed by atoms with Crippen molar-refractivity contribution in [3.05, 3.63) is 35.4 Å². The zero-order valence-corrected chi connectivity index (χ0v) is 24.4. The van der Waals surface area contributed by atoms with Crippen molar-refractivity contribution in [2.75, 3.05) is 0 Å². The maximum absolute atomic E-state index is 13.6. The van der Waals surface area contributed by atoms with Crippen LogP contribution in [0.25, 0.3) is 0 Å². The summed E-state index contributed by atoms with van der Waals surface area (Å²) in [5, 5.41) is 0. The van der Waals surface area contributed by atoms with Crippen LogP contribution in [0.15, 0.2) is 18.2 Å². The third kappa shape index (κ3) is 5.07. The molecule has 0 saturated heterocycles. The average Bonchev–Trinajstić information content (AvgIpc) is 3.23. The van der Waals surface area contributed by atoms with Crippen molar-refractivity contribution >= 4 is 5.97 Å². The van der Waals surface area contributed by atoms with Gasteiger partial charge in [0.25, 0.3) is 0 Å². The summed E-state index contributed by atoms with van der Waals surface area (Å²) in [6.45, 7) is 12.4. The Hall–Kier alpha value is -1.45. The van der Waals surface area contributed by atoms with Crippen LogP contribution >= 0.6 is 0 Å². The molecule has 0 amide bonds. The van der Waals surface area contributed by atoms with Crippen LogP contribution in [0.4, 0.5) is 8.78 Å². The van der Waals surface area contributed by atoms with Crippen molar-refractivity contribution in [3.63, 3.8) is 0 Å². The van der Waals surface area contributed by atoms with Crippen LogP contribution in [0.2, 0.25) is 0 Å². The third-order valence-corrected chi connectivity index (χ3v) is 12.2. The molecule has 4 aliphatic carbocycles. The fourth-order valence-electron chi connectivity index (χ4n) is 10.2. The van der Waals surface area contributed by atoms with E-state index in [1.54, 1.807) is 0 Å². The van der Waals surface area contributed by atoms with Crippen molar-refractivity contribution in [3.8, 4) is 0 Å². The Kier molecular flexibility index (Phi) is 8.02. The molecular weight excluding hydrogens is 478 g/mol. The molecule has 212 valence electrons. The molecule has 0 aromatic heterocycles.